The van der Waals surface area contributed by atoms with E-state index in [1.165, 1.54) is 0 Å². The number of nitrogens with one attached hydrogen (secondary N) is 2. The molecule has 0 saturated carbocycles. The number of carbonyl (C=O) groups is 3. The van der Waals surface area contributed by atoms with Gasteiger partial charge in [0.2, 0.25) is 5.91 Å². The maximum Gasteiger partial charge on any atom is 0.306 e. The van der Waals surface area contributed by atoms with Crippen LogP contribution in [0.1, 0.15) is 35.1 Å². The van der Waals surface area contributed by atoms with Gasteiger partial charge in [0, 0.05) is 17.8 Å². The normalized spacial score (nSPS) is 10.3. The van der Waals surface area contributed by atoms with E-state index < -0.39 is 11.9 Å². The maximum absolute atomic E-state index is 12.0. The Morgan fingerprint density at radius 1 is 0.821 bits per heavy atom. The SMILES string of the molecule is Cc1ccc(NC(=O)CCC(=O)OCC(=O)Nc2cccc(C)c2C)cc1C. The van der Waals surface area contributed by atoms with Crippen LogP contribution < -0.4 is 10.6 Å². The smallest absolute Gasteiger partial charge is 0.306 e. The molecule has 0 bridgehead atoms. The van der Waals surface area contributed by atoms with Crippen molar-refractivity contribution in [2.45, 2.75) is 40.5 Å². The van der Waals surface area contributed by atoms with Crippen LogP contribution in [-0.4, -0.2) is 24.4 Å². The summed E-state index contributed by atoms with van der Waals surface area (Å²) in [5.41, 5.74) is 5.62. The summed E-state index contributed by atoms with van der Waals surface area (Å²) in [6.45, 7) is 7.43. The van der Waals surface area contributed by atoms with E-state index in [4.69, 9.17) is 4.74 Å². The van der Waals surface area contributed by atoms with Gasteiger partial charge in [0.05, 0.1) is 6.42 Å². The van der Waals surface area contributed by atoms with E-state index in [0.717, 1.165) is 22.3 Å². The topological polar surface area (TPSA) is 84.5 Å². The van der Waals surface area contributed by atoms with Crippen molar-refractivity contribution in [2.75, 3.05) is 17.2 Å². The Bertz CT molecular complexity index is 890. The highest BCUT2D eigenvalue weighted by atomic mass is 16.5. The summed E-state index contributed by atoms with van der Waals surface area (Å²) in [6.07, 6.45) is -0.0994. The van der Waals surface area contributed by atoms with Gasteiger partial charge in [-0.1, -0.05) is 18.2 Å². The Labute approximate surface area is 165 Å². The van der Waals surface area contributed by atoms with Crippen molar-refractivity contribution in [2.24, 2.45) is 0 Å². The molecule has 0 unspecified atom stereocenters. The first kappa shape index (κ1) is 21.2. The molecule has 0 aliphatic rings. The molecule has 0 atom stereocenters. The number of carbonyl (C=O) groups excluding carboxylic acids is 3. The molecule has 0 aliphatic heterocycles. The van der Waals surface area contributed by atoms with E-state index >= 15 is 0 Å². The van der Waals surface area contributed by atoms with E-state index in [9.17, 15) is 14.4 Å². The number of aryl methyl sites for hydroxylation is 3. The van der Waals surface area contributed by atoms with E-state index in [0.29, 0.717) is 11.4 Å². The predicted molar refractivity (Wildman–Crippen MR) is 109 cm³/mol. The minimum atomic E-state index is -0.591. The third-order valence-corrected chi connectivity index (χ3v) is 4.59. The molecule has 0 radical (unpaired) electrons. The Balaban J connectivity index is 1.73. The second-order valence-electron chi connectivity index (χ2n) is 6.80. The van der Waals surface area contributed by atoms with Crippen LogP contribution in [0, 0.1) is 27.7 Å². The van der Waals surface area contributed by atoms with Crippen LogP contribution in [0.3, 0.4) is 0 Å². The van der Waals surface area contributed by atoms with Gasteiger partial charge in [0.25, 0.3) is 5.91 Å². The van der Waals surface area contributed by atoms with Crippen molar-refractivity contribution >= 4 is 29.2 Å². The third kappa shape index (κ3) is 6.23. The van der Waals surface area contributed by atoms with Gasteiger partial charge in [0.1, 0.15) is 0 Å². The molecule has 6 nitrogen and oxygen atoms in total. The lowest BCUT2D eigenvalue weighted by atomic mass is 10.1. The summed E-state index contributed by atoms with van der Waals surface area (Å²) < 4.78 is 4.95. The minimum absolute atomic E-state index is 0.00956. The van der Waals surface area contributed by atoms with Gasteiger partial charge < -0.3 is 15.4 Å². The van der Waals surface area contributed by atoms with Crippen LogP contribution in [0.2, 0.25) is 0 Å². The molecule has 2 rings (SSSR count). The fourth-order valence-electron chi connectivity index (χ4n) is 2.55. The van der Waals surface area contributed by atoms with Gasteiger partial charge in [-0.2, -0.15) is 0 Å². The second-order valence-corrected chi connectivity index (χ2v) is 6.80. The van der Waals surface area contributed by atoms with Crippen molar-refractivity contribution in [1.82, 2.24) is 0 Å². The Morgan fingerprint density at radius 2 is 1.57 bits per heavy atom. The van der Waals surface area contributed by atoms with E-state index in [-0.39, 0.29) is 25.4 Å². The molecule has 2 amide bonds. The van der Waals surface area contributed by atoms with Crippen molar-refractivity contribution in [1.29, 1.82) is 0 Å². The van der Waals surface area contributed by atoms with E-state index in [1.807, 2.05) is 58.0 Å². The highest BCUT2D eigenvalue weighted by Crippen LogP contribution is 2.18. The van der Waals surface area contributed by atoms with Crippen molar-refractivity contribution < 1.29 is 19.1 Å². The van der Waals surface area contributed by atoms with Crippen LogP contribution >= 0.6 is 0 Å². The van der Waals surface area contributed by atoms with Crippen LogP contribution in [0.4, 0.5) is 11.4 Å². The number of hydrogen-bond acceptors (Lipinski definition) is 4. The van der Waals surface area contributed by atoms with E-state index in [1.54, 1.807) is 6.07 Å². The molecule has 2 aromatic carbocycles. The zero-order chi connectivity index (χ0) is 20.7. The molecular formula is C22H26N2O4. The number of amides is 2. The number of anilines is 2. The Kier molecular flexibility index (Phi) is 7.32. The summed E-state index contributed by atoms with van der Waals surface area (Å²) in [5, 5.41) is 5.47. The quantitative estimate of drug-likeness (QED) is 0.713. The molecule has 2 aromatic rings. The molecular weight excluding hydrogens is 356 g/mol. The second kappa shape index (κ2) is 9.69. The first-order chi connectivity index (χ1) is 13.3. The Morgan fingerprint density at radius 3 is 2.29 bits per heavy atom. The lowest BCUT2D eigenvalue weighted by molar-refractivity contribution is -0.147. The highest BCUT2D eigenvalue weighted by molar-refractivity contribution is 5.95. The van der Waals surface area contributed by atoms with Crippen molar-refractivity contribution in [3.05, 3.63) is 58.7 Å². The van der Waals surface area contributed by atoms with Crippen molar-refractivity contribution in [3.63, 3.8) is 0 Å². The average molecular weight is 382 g/mol. The summed E-state index contributed by atoms with van der Waals surface area (Å²) in [6, 6.07) is 11.2. The van der Waals surface area contributed by atoms with Gasteiger partial charge in [-0.05, 0) is 68.1 Å². The number of hydrogen-bond donors (Lipinski definition) is 2. The molecule has 2 N–H and O–H groups in total. The summed E-state index contributed by atoms with van der Waals surface area (Å²) in [7, 11) is 0. The molecule has 0 fully saturated rings. The highest BCUT2D eigenvalue weighted by Gasteiger charge is 2.12. The monoisotopic (exact) mass is 382 g/mol. The third-order valence-electron chi connectivity index (χ3n) is 4.59. The number of rotatable bonds is 7. The number of benzene rings is 2. The van der Waals surface area contributed by atoms with Gasteiger partial charge >= 0.3 is 5.97 Å². The van der Waals surface area contributed by atoms with Gasteiger partial charge in [-0.25, -0.2) is 0 Å². The van der Waals surface area contributed by atoms with Crippen molar-refractivity contribution in [3.8, 4) is 0 Å². The number of ether oxygens (including phenoxy) is 1. The van der Waals surface area contributed by atoms with Crippen LogP contribution in [0.25, 0.3) is 0 Å². The fourth-order valence-corrected chi connectivity index (χ4v) is 2.55. The minimum Gasteiger partial charge on any atom is -0.456 e. The molecule has 148 valence electrons. The maximum atomic E-state index is 12.0. The Hall–Kier alpha value is -3.15. The predicted octanol–water partition coefficient (Wildman–Crippen LogP) is 3.82. The molecule has 0 spiro atoms. The lowest BCUT2D eigenvalue weighted by Gasteiger charge is -2.11. The lowest BCUT2D eigenvalue weighted by Crippen LogP contribution is -2.22. The van der Waals surface area contributed by atoms with Crippen LogP contribution in [-0.2, 0) is 19.1 Å². The summed E-state index contributed by atoms with van der Waals surface area (Å²) >= 11 is 0. The van der Waals surface area contributed by atoms with Gasteiger partial charge in [0.15, 0.2) is 6.61 Å². The van der Waals surface area contributed by atoms with E-state index in [2.05, 4.69) is 10.6 Å². The molecule has 0 heterocycles. The molecule has 0 aromatic heterocycles. The first-order valence-electron chi connectivity index (χ1n) is 9.15. The molecule has 0 aliphatic carbocycles. The van der Waals surface area contributed by atoms with Gasteiger partial charge in [-0.15, -0.1) is 0 Å². The first-order valence-corrected chi connectivity index (χ1v) is 9.15. The summed E-state index contributed by atoms with van der Waals surface area (Å²) in [4.78, 5) is 35.7. The summed E-state index contributed by atoms with van der Waals surface area (Å²) in [5.74, 6) is -1.28. The molecule has 0 saturated heterocycles. The van der Waals surface area contributed by atoms with Crippen LogP contribution in [0.15, 0.2) is 36.4 Å². The number of esters is 1. The van der Waals surface area contributed by atoms with Gasteiger partial charge in [-0.3, -0.25) is 14.4 Å². The largest absolute Gasteiger partial charge is 0.456 e. The standard InChI is InChI=1S/C22H26N2O4/c1-14-8-9-18(12-16(14)3)23-20(25)10-11-22(27)28-13-21(26)24-19-7-5-6-15(2)17(19)4/h5-9,12H,10-11,13H2,1-4H3,(H,23,25)(H,24,26). The average Bonchev–Trinajstić information content (AvgIpc) is 2.65. The molecule has 6 heteroatoms. The zero-order valence-electron chi connectivity index (χ0n) is 16.7. The molecule has 28 heavy (non-hydrogen) atoms. The fraction of sp³-hybridized carbons (Fsp3) is 0.318. The zero-order valence-corrected chi connectivity index (χ0v) is 16.7. The van der Waals surface area contributed by atoms with Crippen LogP contribution in [0.5, 0.6) is 0 Å².